The third-order valence-electron chi connectivity index (χ3n) is 4.17. The number of nitriles is 1. The van der Waals surface area contributed by atoms with Gasteiger partial charge in [-0.15, -0.1) is 22.9 Å². The molecule has 1 N–H and O–H groups in total. The molecule has 0 unspecified atom stereocenters. The van der Waals surface area contributed by atoms with E-state index < -0.39 is 5.38 Å². The molecule has 0 spiro atoms. The van der Waals surface area contributed by atoms with Crippen LogP contribution in [-0.4, -0.2) is 23.3 Å². The fraction of sp³-hybridized carbons (Fsp3) is 0.278. The molecule has 128 valence electrons. The number of amides is 2. The number of benzene rings is 1. The Bertz CT molecular complexity index is 857. The summed E-state index contributed by atoms with van der Waals surface area (Å²) in [7, 11) is 0. The average Bonchev–Trinajstić information content (AvgIpc) is 2.97. The first-order valence-corrected chi connectivity index (χ1v) is 9.06. The van der Waals surface area contributed by atoms with Crippen LogP contribution in [0.2, 0.25) is 0 Å². The minimum absolute atomic E-state index is 0.00745. The molecule has 1 aliphatic rings. The lowest BCUT2D eigenvalue weighted by atomic mass is 10.0. The Morgan fingerprint density at radius 2 is 2.08 bits per heavy atom. The first kappa shape index (κ1) is 17.5. The Morgan fingerprint density at radius 1 is 1.36 bits per heavy atom. The molecule has 0 radical (unpaired) electrons. The zero-order valence-electron chi connectivity index (χ0n) is 13.6. The summed E-state index contributed by atoms with van der Waals surface area (Å²) in [6.07, 6.45) is 0.618. The van der Waals surface area contributed by atoms with Crippen LogP contribution in [0.15, 0.2) is 30.3 Å². The van der Waals surface area contributed by atoms with Crippen LogP contribution in [0.25, 0.3) is 0 Å². The fourth-order valence-corrected chi connectivity index (χ4v) is 4.24. The number of nitrogens with zero attached hydrogens (tertiary/aromatic N) is 2. The van der Waals surface area contributed by atoms with Crippen molar-refractivity contribution in [3.05, 3.63) is 51.9 Å². The molecule has 2 aromatic rings. The van der Waals surface area contributed by atoms with Gasteiger partial charge in [-0.05, 0) is 17.5 Å². The minimum Gasteiger partial charge on any atom is -0.337 e. The first-order valence-electron chi connectivity index (χ1n) is 7.81. The minimum atomic E-state index is -0.833. The number of nitrogens with one attached hydrogen (secondary N) is 1. The number of hydrogen-bond donors (Lipinski definition) is 1. The van der Waals surface area contributed by atoms with Gasteiger partial charge in [0.15, 0.2) is 0 Å². The van der Waals surface area contributed by atoms with E-state index in [0.717, 1.165) is 10.4 Å². The average molecular weight is 374 g/mol. The van der Waals surface area contributed by atoms with Crippen molar-refractivity contribution in [2.45, 2.75) is 25.3 Å². The smallest absolute Gasteiger partial charge is 0.247 e. The summed E-state index contributed by atoms with van der Waals surface area (Å²) in [5.41, 5.74) is 2.10. The summed E-state index contributed by atoms with van der Waals surface area (Å²) in [4.78, 5) is 26.7. The molecule has 2 heterocycles. The van der Waals surface area contributed by atoms with Crippen LogP contribution in [0.4, 0.5) is 5.00 Å². The maximum Gasteiger partial charge on any atom is 0.247 e. The van der Waals surface area contributed by atoms with E-state index in [9.17, 15) is 14.9 Å². The molecule has 5 nitrogen and oxygen atoms in total. The van der Waals surface area contributed by atoms with Gasteiger partial charge in [-0.1, -0.05) is 30.3 Å². The summed E-state index contributed by atoms with van der Waals surface area (Å²) in [5.74, 6) is -0.362. The standard InChI is InChI=1S/C18H16ClN3O2S/c1-11(23)22-8-7-13-14(9-20)18(25-15(13)10-22)21-17(24)16(19)12-5-3-2-4-6-12/h2-6,16H,7-8,10H2,1H3,(H,21,24)/t16-/m1/s1. The van der Waals surface area contributed by atoms with E-state index in [1.54, 1.807) is 17.0 Å². The van der Waals surface area contributed by atoms with Gasteiger partial charge >= 0.3 is 0 Å². The SMILES string of the molecule is CC(=O)N1CCc2c(sc(NC(=O)[C@H](Cl)c3ccccc3)c2C#N)C1. The summed E-state index contributed by atoms with van der Waals surface area (Å²) >= 11 is 7.59. The second-order valence-electron chi connectivity index (χ2n) is 5.77. The van der Waals surface area contributed by atoms with Crippen molar-refractivity contribution < 1.29 is 9.59 Å². The number of carbonyl (C=O) groups is 2. The van der Waals surface area contributed by atoms with Gasteiger partial charge in [-0.2, -0.15) is 5.26 Å². The van der Waals surface area contributed by atoms with Gasteiger partial charge in [0, 0.05) is 18.3 Å². The summed E-state index contributed by atoms with van der Waals surface area (Å²) in [5, 5.41) is 12.0. The summed E-state index contributed by atoms with van der Waals surface area (Å²) in [6.45, 7) is 2.59. The van der Waals surface area contributed by atoms with Crippen molar-refractivity contribution in [2.75, 3.05) is 11.9 Å². The molecule has 0 saturated heterocycles. The van der Waals surface area contributed by atoms with Gasteiger partial charge < -0.3 is 10.2 Å². The third kappa shape index (κ3) is 3.53. The molecular formula is C18H16ClN3O2S. The number of anilines is 1. The predicted octanol–water partition coefficient (Wildman–Crippen LogP) is 3.44. The molecule has 0 saturated carbocycles. The molecule has 1 aromatic heterocycles. The topological polar surface area (TPSA) is 73.2 Å². The monoisotopic (exact) mass is 373 g/mol. The Kier molecular flexibility index (Phi) is 5.07. The second kappa shape index (κ2) is 7.26. The zero-order valence-corrected chi connectivity index (χ0v) is 15.2. The van der Waals surface area contributed by atoms with Gasteiger partial charge in [-0.3, -0.25) is 9.59 Å². The number of hydrogen-bond acceptors (Lipinski definition) is 4. The van der Waals surface area contributed by atoms with Crippen LogP contribution >= 0.6 is 22.9 Å². The van der Waals surface area contributed by atoms with Gasteiger partial charge in [0.25, 0.3) is 0 Å². The number of fused-ring (bicyclic) bond motifs is 1. The van der Waals surface area contributed by atoms with Crippen LogP contribution in [0.3, 0.4) is 0 Å². The summed E-state index contributed by atoms with van der Waals surface area (Å²) in [6, 6.07) is 11.2. The molecule has 25 heavy (non-hydrogen) atoms. The Balaban J connectivity index is 1.83. The first-order chi connectivity index (χ1) is 12.0. The van der Waals surface area contributed by atoms with Crippen molar-refractivity contribution >= 4 is 39.8 Å². The molecular weight excluding hydrogens is 358 g/mol. The van der Waals surface area contributed by atoms with Crippen molar-refractivity contribution in [1.82, 2.24) is 4.90 Å². The van der Waals surface area contributed by atoms with Gasteiger partial charge in [0.1, 0.15) is 16.4 Å². The van der Waals surface area contributed by atoms with Crippen molar-refractivity contribution in [2.24, 2.45) is 0 Å². The van der Waals surface area contributed by atoms with E-state index in [2.05, 4.69) is 11.4 Å². The zero-order chi connectivity index (χ0) is 18.0. The number of rotatable bonds is 3. The van der Waals surface area contributed by atoms with Crippen LogP contribution in [0, 0.1) is 11.3 Å². The van der Waals surface area contributed by atoms with Crippen LogP contribution in [0.5, 0.6) is 0 Å². The van der Waals surface area contributed by atoms with E-state index in [1.807, 2.05) is 18.2 Å². The van der Waals surface area contributed by atoms with Gasteiger partial charge in [-0.25, -0.2) is 0 Å². The molecule has 1 aromatic carbocycles. The molecule has 0 bridgehead atoms. The molecule has 0 fully saturated rings. The predicted molar refractivity (Wildman–Crippen MR) is 97.5 cm³/mol. The maximum absolute atomic E-state index is 12.5. The number of halogens is 1. The third-order valence-corrected chi connectivity index (χ3v) is 5.76. The number of thiophene rings is 1. The van der Waals surface area contributed by atoms with Crippen molar-refractivity contribution in [3.8, 4) is 6.07 Å². The van der Waals surface area contributed by atoms with E-state index in [1.165, 1.54) is 18.3 Å². The number of alkyl halides is 1. The Morgan fingerprint density at radius 3 is 2.72 bits per heavy atom. The van der Waals surface area contributed by atoms with Crippen molar-refractivity contribution in [1.29, 1.82) is 5.26 Å². The molecule has 1 atom stereocenters. The largest absolute Gasteiger partial charge is 0.337 e. The Hall–Kier alpha value is -2.36. The molecule has 2 amide bonds. The van der Waals surface area contributed by atoms with E-state index in [-0.39, 0.29) is 11.8 Å². The van der Waals surface area contributed by atoms with Gasteiger partial charge in [0.2, 0.25) is 11.8 Å². The highest BCUT2D eigenvalue weighted by molar-refractivity contribution is 7.16. The van der Waals surface area contributed by atoms with E-state index in [4.69, 9.17) is 11.6 Å². The lowest BCUT2D eigenvalue weighted by molar-refractivity contribution is -0.129. The highest BCUT2D eigenvalue weighted by atomic mass is 35.5. The molecule has 0 aliphatic carbocycles. The molecule has 3 rings (SSSR count). The van der Waals surface area contributed by atoms with Gasteiger partial charge in [0.05, 0.1) is 12.1 Å². The van der Waals surface area contributed by atoms with Crippen LogP contribution in [-0.2, 0) is 22.6 Å². The molecule has 1 aliphatic heterocycles. The quantitative estimate of drug-likeness (QED) is 0.837. The normalized spacial score (nSPS) is 14.4. The van der Waals surface area contributed by atoms with Crippen LogP contribution < -0.4 is 5.32 Å². The fourth-order valence-electron chi connectivity index (χ4n) is 2.83. The second-order valence-corrected chi connectivity index (χ2v) is 7.31. The highest BCUT2D eigenvalue weighted by Crippen LogP contribution is 2.37. The highest BCUT2D eigenvalue weighted by Gasteiger charge is 2.27. The maximum atomic E-state index is 12.5. The lowest BCUT2D eigenvalue weighted by Gasteiger charge is -2.25. The van der Waals surface area contributed by atoms with Crippen molar-refractivity contribution in [3.63, 3.8) is 0 Å². The van der Waals surface area contributed by atoms with E-state index in [0.29, 0.717) is 35.6 Å². The summed E-state index contributed by atoms with van der Waals surface area (Å²) < 4.78 is 0. The van der Waals surface area contributed by atoms with Crippen LogP contribution in [0.1, 0.15) is 33.9 Å². The lowest BCUT2D eigenvalue weighted by Crippen LogP contribution is -2.33. The van der Waals surface area contributed by atoms with E-state index >= 15 is 0 Å². The number of carbonyl (C=O) groups excluding carboxylic acids is 2. The Labute approximate surface area is 154 Å². The molecule has 7 heteroatoms.